The summed E-state index contributed by atoms with van der Waals surface area (Å²) in [7, 11) is -5.28. The molecule has 0 aromatic heterocycles. The van der Waals surface area contributed by atoms with Crippen LogP contribution in [0.4, 0.5) is 8.78 Å². The van der Waals surface area contributed by atoms with Crippen LogP contribution in [-0.2, 0) is 26.5 Å². The lowest BCUT2D eigenvalue weighted by molar-refractivity contribution is 0.0634. The summed E-state index contributed by atoms with van der Waals surface area (Å²) in [6, 6.07) is 5.05. The summed E-state index contributed by atoms with van der Waals surface area (Å²) in [4.78, 5) is 30.9. The molecule has 12 nitrogen and oxygen atoms in total. The molecular formula is C31H47F2N5O7S2. The predicted molar refractivity (Wildman–Crippen MR) is 176 cm³/mol. The van der Waals surface area contributed by atoms with E-state index in [1.807, 2.05) is 13.8 Å². The second-order valence-corrected chi connectivity index (χ2v) is 16.0. The average molecular weight is 704 g/mol. The third-order valence-corrected chi connectivity index (χ3v) is 10.8. The number of aliphatic hydroxyl groups is 1. The van der Waals surface area contributed by atoms with Crippen LogP contribution in [0.1, 0.15) is 73.7 Å². The van der Waals surface area contributed by atoms with E-state index in [0.717, 1.165) is 22.5 Å². The fourth-order valence-electron chi connectivity index (χ4n) is 4.64. The average Bonchev–Trinajstić information content (AvgIpc) is 2.98. The highest BCUT2D eigenvalue weighted by atomic mass is 32.2. The van der Waals surface area contributed by atoms with Gasteiger partial charge in [0.25, 0.3) is 11.8 Å². The van der Waals surface area contributed by atoms with Crippen LogP contribution in [0.5, 0.6) is 0 Å². The summed E-state index contributed by atoms with van der Waals surface area (Å²) in [6.45, 7) is 8.99. The fourth-order valence-corrected chi connectivity index (χ4v) is 6.39. The van der Waals surface area contributed by atoms with Gasteiger partial charge in [-0.1, -0.05) is 20.8 Å². The normalized spacial score (nSPS) is 13.6. The van der Waals surface area contributed by atoms with E-state index in [9.17, 15) is 40.3 Å². The first-order chi connectivity index (χ1) is 21.9. The molecule has 47 heavy (non-hydrogen) atoms. The number of rotatable bonds is 18. The zero-order valence-electron chi connectivity index (χ0n) is 28.0. The van der Waals surface area contributed by atoms with Gasteiger partial charge >= 0.3 is 0 Å². The zero-order chi connectivity index (χ0) is 35.7. The van der Waals surface area contributed by atoms with Gasteiger partial charge in [-0.15, -0.1) is 4.83 Å². The van der Waals surface area contributed by atoms with Gasteiger partial charge < -0.3 is 15.3 Å². The van der Waals surface area contributed by atoms with Crippen LogP contribution in [0.25, 0.3) is 0 Å². The number of nitrogens with zero attached hydrogens (tertiary/aromatic N) is 3. The fraction of sp³-hybridized carbons (Fsp3) is 0.548. The standard InChI is InChI=1S/C31H47F2N5O7S2/c1-8-11-37(12-9-2)31(41)24-16-23(17-27(18-24)47(44,45)36(6)7)30(40)34-28(15-22-13-25(32)19-26(33)14-22)29(39)20-38(10-3)35-46(42,43)21(4)5/h13-14,16-19,21,28-29,35,39H,8-12,15,20H2,1-7H3,(H,34,40). The van der Waals surface area contributed by atoms with Crippen molar-refractivity contribution in [2.75, 3.05) is 40.3 Å². The molecule has 2 atom stereocenters. The number of carbonyl (C=O) groups is 2. The van der Waals surface area contributed by atoms with Gasteiger partial charge in [0.2, 0.25) is 20.0 Å². The molecule has 3 N–H and O–H groups in total. The molecule has 0 fully saturated rings. The summed E-state index contributed by atoms with van der Waals surface area (Å²) >= 11 is 0. The number of hydrogen-bond donors (Lipinski definition) is 3. The molecule has 0 radical (unpaired) electrons. The van der Waals surface area contributed by atoms with Gasteiger partial charge in [-0.2, -0.15) is 0 Å². The van der Waals surface area contributed by atoms with E-state index in [4.69, 9.17) is 0 Å². The van der Waals surface area contributed by atoms with Gasteiger partial charge in [-0.3, -0.25) is 9.59 Å². The van der Waals surface area contributed by atoms with Crippen molar-refractivity contribution < 1.29 is 40.3 Å². The minimum absolute atomic E-state index is 0.0375. The van der Waals surface area contributed by atoms with Crippen LogP contribution in [0, 0.1) is 11.6 Å². The predicted octanol–water partition coefficient (Wildman–Crippen LogP) is 2.74. The smallest absolute Gasteiger partial charge is 0.253 e. The number of amides is 2. The summed E-state index contributed by atoms with van der Waals surface area (Å²) in [6.07, 6.45) is -0.466. The number of carbonyl (C=O) groups excluding carboxylic acids is 2. The number of hydrogen-bond acceptors (Lipinski definition) is 8. The van der Waals surface area contributed by atoms with Crippen molar-refractivity contribution in [1.29, 1.82) is 0 Å². The molecular weight excluding hydrogens is 656 g/mol. The second kappa shape index (κ2) is 17.4. The molecule has 0 spiro atoms. The Bertz CT molecular complexity index is 1580. The zero-order valence-corrected chi connectivity index (χ0v) is 29.6. The molecule has 2 aromatic carbocycles. The molecule has 0 saturated heterocycles. The van der Waals surface area contributed by atoms with E-state index in [1.165, 1.54) is 45.1 Å². The molecule has 2 rings (SSSR count). The van der Waals surface area contributed by atoms with Crippen molar-refractivity contribution in [3.8, 4) is 0 Å². The van der Waals surface area contributed by atoms with E-state index in [1.54, 1.807) is 11.8 Å². The summed E-state index contributed by atoms with van der Waals surface area (Å²) < 4.78 is 80.4. The number of aliphatic hydroxyl groups excluding tert-OH is 1. The SMILES string of the molecule is CCCN(CCC)C(=O)c1cc(C(=O)NC(Cc2cc(F)cc(F)c2)C(O)CN(CC)NS(=O)(=O)C(C)C)cc(S(=O)(=O)N(C)C)c1. The molecule has 0 aliphatic carbocycles. The van der Waals surface area contributed by atoms with Crippen molar-refractivity contribution >= 4 is 31.9 Å². The van der Waals surface area contributed by atoms with E-state index >= 15 is 0 Å². The topological polar surface area (TPSA) is 156 Å². The molecule has 2 unspecified atom stereocenters. The Morgan fingerprint density at radius 1 is 0.872 bits per heavy atom. The van der Waals surface area contributed by atoms with Crippen molar-refractivity contribution in [3.63, 3.8) is 0 Å². The Balaban J connectivity index is 2.59. The summed E-state index contributed by atoms with van der Waals surface area (Å²) in [5.74, 6) is -3.11. The van der Waals surface area contributed by atoms with E-state index in [-0.39, 0.29) is 41.1 Å². The molecule has 0 aliphatic rings. The monoisotopic (exact) mass is 703 g/mol. The highest BCUT2D eigenvalue weighted by Crippen LogP contribution is 2.21. The summed E-state index contributed by atoms with van der Waals surface area (Å²) in [5, 5.41) is 14.3. The quantitative estimate of drug-likeness (QED) is 0.200. The van der Waals surface area contributed by atoms with E-state index < -0.39 is 60.9 Å². The van der Waals surface area contributed by atoms with Gasteiger partial charge in [0.1, 0.15) is 11.6 Å². The molecule has 0 saturated carbocycles. The first-order valence-electron chi connectivity index (χ1n) is 15.4. The lowest BCUT2D eigenvalue weighted by Gasteiger charge is -2.30. The van der Waals surface area contributed by atoms with Crippen molar-refractivity contribution in [1.82, 2.24) is 24.4 Å². The second-order valence-electron chi connectivity index (χ2n) is 11.7. The molecule has 2 amide bonds. The summed E-state index contributed by atoms with van der Waals surface area (Å²) in [5.41, 5.74) is -0.156. The van der Waals surface area contributed by atoms with Crippen molar-refractivity contribution in [2.45, 2.75) is 76.2 Å². The minimum Gasteiger partial charge on any atom is -0.390 e. The minimum atomic E-state index is -4.11. The van der Waals surface area contributed by atoms with Gasteiger partial charge in [0.05, 0.1) is 22.3 Å². The number of likely N-dealkylation sites (N-methyl/N-ethyl adjacent to an activating group) is 1. The Hall–Kier alpha value is -3.02. The Kier molecular flexibility index (Phi) is 14.9. The number of nitrogens with one attached hydrogen (secondary N) is 2. The number of hydrazine groups is 1. The van der Waals surface area contributed by atoms with Crippen LogP contribution in [0.15, 0.2) is 41.3 Å². The third kappa shape index (κ3) is 11.3. The maximum absolute atomic E-state index is 14.1. The van der Waals surface area contributed by atoms with E-state index in [2.05, 4.69) is 10.1 Å². The highest BCUT2D eigenvalue weighted by molar-refractivity contribution is 7.90. The first kappa shape index (κ1) is 40.2. The van der Waals surface area contributed by atoms with Gasteiger partial charge in [-0.25, -0.2) is 34.9 Å². The largest absolute Gasteiger partial charge is 0.390 e. The van der Waals surface area contributed by atoms with E-state index in [0.29, 0.717) is 32.0 Å². The van der Waals surface area contributed by atoms with Crippen molar-refractivity contribution in [3.05, 3.63) is 64.7 Å². The van der Waals surface area contributed by atoms with Gasteiger partial charge in [0.15, 0.2) is 0 Å². The maximum atomic E-state index is 14.1. The Morgan fingerprint density at radius 2 is 1.43 bits per heavy atom. The molecule has 0 aliphatic heterocycles. The lowest BCUT2D eigenvalue weighted by Crippen LogP contribution is -2.54. The molecule has 264 valence electrons. The van der Waals surface area contributed by atoms with Crippen LogP contribution in [-0.4, -0.2) is 106 Å². The maximum Gasteiger partial charge on any atom is 0.253 e. The molecule has 16 heteroatoms. The van der Waals surface area contributed by atoms with Crippen molar-refractivity contribution in [2.24, 2.45) is 0 Å². The first-order valence-corrected chi connectivity index (χ1v) is 18.4. The number of benzene rings is 2. The molecule has 0 bridgehead atoms. The van der Waals surface area contributed by atoms with Crippen LogP contribution in [0.3, 0.4) is 0 Å². The van der Waals surface area contributed by atoms with Crippen LogP contribution in [0.2, 0.25) is 0 Å². The van der Waals surface area contributed by atoms with Crippen LogP contribution >= 0.6 is 0 Å². The van der Waals surface area contributed by atoms with Gasteiger partial charge in [0, 0.05) is 57.5 Å². The third-order valence-electron chi connectivity index (χ3n) is 7.29. The highest BCUT2D eigenvalue weighted by Gasteiger charge is 2.29. The Morgan fingerprint density at radius 3 is 1.91 bits per heavy atom. The van der Waals surface area contributed by atoms with Crippen LogP contribution < -0.4 is 10.1 Å². The molecule has 0 heterocycles. The lowest BCUT2D eigenvalue weighted by atomic mass is 9.99. The number of sulfonamides is 2. The molecule has 2 aromatic rings. The Labute approximate surface area is 277 Å². The van der Waals surface area contributed by atoms with Gasteiger partial charge in [-0.05, 0) is 69.0 Å². The number of halogens is 2.